The van der Waals surface area contributed by atoms with Crippen LogP contribution < -0.4 is 4.72 Å². The van der Waals surface area contributed by atoms with Gasteiger partial charge >= 0.3 is 0 Å². The van der Waals surface area contributed by atoms with Crippen molar-refractivity contribution in [3.63, 3.8) is 0 Å². The molecule has 0 radical (unpaired) electrons. The van der Waals surface area contributed by atoms with Crippen LogP contribution in [0.2, 0.25) is 0 Å². The van der Waals surface area contributed by atoms with Gasteiger partial charge in [0, 0.05) is 12.5 Å². The van der Waals surface area contributed by atoms with Crippen LogP contribution in [0.4, 0.5) is 4.39 Å². The van der Waals surface area contributed by atoms with Crippen LogP contribution in [-0.4, -0.2) is 15.0 Å². The van der Waals surface area contributed by atoms with Crippen LogP contribution >= 0.6 is 0 Å². The minimum Gasteiger partial charge on any atom is -0.210 e. The summed E-state index contributed by atoms with van der Waals surface area (Å²) in [6.45, 7) is 2.02. The van der Waals surface area contributed by atoms with E-state index in [1.54, 1.807) is 13.0 Å². The highest BCUT2D eigenvalue weighted by Crippen LogP contribution is 2.34. The van der Waals surface area contributed by atoms with Gasteiger partial charge in [-0.1, -0.05) is 30.3 Å². The zero-order valence-corrected chi connectivity index (χ0v) is 12.5. The van der Waals surface area contributed by atoms with Gasteiger partial charge in [-0.05, 0) is 42.2 Å². The fourth-order valence-electron chi connectivity index (χ4n) is 2.66. The van der Waals surface area contributed by atoms with E-state index in [1.807, 2.05) is 24.3 Å². The SMILES string of the molecule is Cc1ccc(S(=O)(=O)NC[C@@H]2Cc3ccccc32)c(F)c1. The summed E-state index contributed by atoms with van der Waals surface area (Å²) < 4.78 is 40.6. The normalized spacial score (nSPS) is 17.1. The number of hydrogen-bond acceptors (Lipinski definition) is 2. The highest BCUT2D eigenvalue weighted by molar-refractivity contribution is 7.89. The van der Waals surface area contributed by atoms with Crippen molar-refractivity contribution in [1.29, 1.82) is 0 Å². The van der Waals surface area contributed by atoms with Crippen molar-refractivity contribution in [2.45, 2.75) is 24.2 Å². The maximum absolute atomic E-state index is 13.8. The van der Waals surface area contributed by atoms with Crippen molar-refractivity contribution in [2.75, 3.05) is 6.54 Å². The molecule has 1 N–H and O–H groups in total. The first-order chi connectivity index (χ1) is 9.97. The Hall–Kier alpha value is -1.72. The standard InChI is InChI=1S/C16H16FNO2S/c1-11-6-7-16(15(17)8-11)21(19,20)18-10-13-9-12-4-2-3-5-14(12)13/h2-8,13,18H,9-10H2,1H3/t13-/m0/s1. The second-order valence-electron chi connectivity index (χ2n) is 5.39. The Bertz CT molecular complexity index is 787. The van der Waals surface area contributed by atoms with Crippen LogP contribution in [0, 0.1) is 12.7 Å². The Morgan fingerprint density at radius 2 is 2.00 bits per heavy atom. The maximum atomic E-state index is 13.8. The van der Waals surface area contributed by atoms with Gasteiger partial charge in [0.05, 0.1) is 0 Å². The summed E-state index contributed by atoms with van der Waals surface area (Å²) in [6.07, 6.45) is 0.856. The van der Waals surface area contributed by atoms with Crippen LogP contribution in [0.15, 0.2) is 47.4 Å². The molecule has 2 aromatic carbocycles. The third-order valence-corrected chi connectivity index (χ3v) is 5.31. The largest absolute Gasteiger partial charge is 0.243 e. The summed E-state index contributed by atoms with van der Waals surface area (Å²) in [7, 11) is -3.81. The van der Waals surface area contributed by atoms with E-state index in [0.717, 1.165) is 6.42 Å². The molecular weight excluding hydrogens is 289 g/mol. The van der Waals surface area contributed by atoms with Crippen LogP contribution in [-0.2, 0) is 16.4 Å². The first-order valence-electron chi connectivity index (χ1n) is 6.81. The fraction of sp³-hybridized carbons (Fsp3) is 0.250. The maximum Gasteiger partial charge on any atom is 0.243 e. The Morgan fingerprint density at radius 1 is 1.24 bits per heavy atom. The minimum absolute atomic E-state index is 0.171. The third-order valence-electron chi connectivity index (χ3n) is 3.86. The van der Waals surface area contributed by atoms with Gasteiger partial charge in [-0.25, -0.2) is 17.5 Å². The number of aryl methyl sites for hydroxylation is 1. The molecule has 110 valence electrons. The van der Waals surface area contributed by atoms with Gasteiger partial charge in [0.15, 0.2) is 0 Å². The predicted octanol–water partition coefficient (Wildman–Crippen LogP) is 2.75. The molecule has 0 unspecified atom stereocenters. The Labute approximate surface area is 123 Å². The topological polar surface area (TPSA) is 46.2 Å². The zero-order chi connectivity index (χ0) is 15.0. The molecule has 1 atom stereocenters. The molecule has 0 saturated carbocycles. The third kappa shape index (κ3) is 2.71. The number of hydrogen-bond donors (Lipinski definition) is 1. The van der Waals surface area contributed by atoms with Crippen LogP contribution in [0.25, 0.3) is 0 Å². The predicted molar refractivity (Wildman–Crippen MR) is 79.2 cm³/mol. The number of fused-ring (bicyclic) bond motifs is 1. The second-order valence-corrected chi connectivity index (χ2v) is 7.12. The summed E-state index contributed by atoms with van der Waals surface area (Å²) >= 11 is 0. The van der Waals surface area contributed by atoms with E-state index in [9.17, 15) is 12.8 Å². The lowest BCUT2D eigenvalue weighted by Crippen LogP contribution is -2.33. The molecular formula is C16H16FNO2S. The molecule has 0 aliphatic heterocycles. The van der Waals surface area contributed by atoms with E-state index in [1.165, 1.54) is 23.3 Å². The molecule has 2 aromatic rings. The van der Waals surface area contributed by atoms with E-state index < -0.39 is 15.8 Å². The molecule has 0 saturated heterocycles. The average molecular weight is 305 g/mol. The Balaban J connectivity index is 1.73. The molecule has 1 aliphatic rings. The molecule has 3 nitrogen and oxygen atoms in total. The number of rotatable bonds is 4. The molecule has 5 heteroatoms. The summed E-state index contributed by atoms with van der Waals surface area (Å²) in [5.41, 5.74) is 3.12. The lowest BCUT2D eigenvalue weighted by molar-refractivity contribution is 0.538. The minimum atomic E-state index is -3.81. The number of nitrogens with one attached hydrogen (secondary N) is 1. The van der Waals surface area contributed by atoms with E-state index in [-0.39, 0.29) is 10.8 Å². The number of halogens is 1. The monoisotopic (exact) mass is 305 g/mol. The first-order valence-corrected chi connectivity index (χ1v) is 8.29. The van der Waals surface area contributed by atoms with Crippen molar-refractivity contribution in [1.82, 2.24) is 4.72 Å². The molecule has 0 aromatic heterocycles. The molecule has 0 fully saturated rings. The van der Waals surface area contributed by atoms with E-state index >= 15 is 0 Å². The summed E-state index contributed by atoms with van der Waals surface area (Å²) in [6, 6.07) is 12.1. The van der Waals surface area contributed by atoms with E-state index in [4.69, 9.17) is 0 Å². The van der Waals surface area contributed by atoms with Gasteiger partial charge in [0.25, 0.3) is 0 Å². The molecule has 0 heterocycles. The first kappa shape index (κ1) is 14.2. The average Bonchev–Trinajstić information content (AvgIpc) is 2.39. The smallest absolute Gasteiger partial charge is 0.210 e. The van der Waals surface area contributed by atoms with Crippen molar-refractivity contribution in [3.8, 4) is 0 Å². The number of benzene rings is 2. The Kier molecular flexibility index (Phi) is 3.55. The van der Waals surface area contributed by atoms with Gasteiger partial charge in [0.1, 0.15) is 10.7 Å². The van der Waals surface area contributed by atoms with Crippen LogP contribution in [0.1, 0.15) is 22.6 Å². The van der Waals surface area contributed by atoms with Gasteiger partial charge in [0.2, 0.25) is 10.0 Å². The highest BCUT2D eigenvalue weighted by atomic mass is 32.2. The molecule has 1 aliphatic carbocycles. The zero-order valence-electron chi connectivity index (χ0n) is 11.6. The number of sulfonamides is 1. The lowest BCUT2D eigenvalue weighted by atomic mass is 9.78. The second kappa shape index (κ2) is 5.24. The summed E-state index contributed by atoms with van der Waals surface area (Å²) in [5.74, 6) is -0.541. The fourth-order valence-corrected chi connectivity index (χ4v) is 3.80. The molecule has 3 rings (SSSR count). The summed E-state index contributed by atoms with van der Waals surface area (Å²) in [5, 5.41) is 0. The van der Waals surface area contributed by atoms with Crippen LogP contribution in [0.3, 0.4) is 0 Å². The van der Waals surface area contributed by atoms with Gasteiger partial charge in [-0.3, -0.25) is 0 Å². The molecule has 0 bridgehead atoms. The van der Waals surface area contributed by atoms with Crippen molar-refractivity contribution in [2.24, 2.45) is 0 Å². The van der Waals surface area contributed by atoms with Crippen LogP contribution in [0.5, 0.6) is 0 Å². The quantitative estimate of drug-likeness (QED) is 0.944. The van der Waals surface area contributed by atoms with Crippen molar-refractivity contribution >= 4 is 10.0 Å². The van der Waals surface area contributed by atoms with Gasteiger partial charge in [-0.2, -0.15) is 0 Å². The molecule has 0 spiro atoms. The van der Waals surface area contributed by atoms with Gasteiger partial charge < -0.3 is 0 Å². The van der Waals surface area contributed by atoms with Crippen molar-refractivity contribution < 1.29 is 12.8 Å². The van der Waals surface area contributed by atoms with E-state index in [0.29, 0.717) is 12.1 Å². The lowest BCUT2D eigenvalue weighted by Gasteiger charge is -2.30. The van der Waals surface area contributed by atoms with E-state index in [2.05, 4.69) is 4.72 Å². The molecule has 21 heavy (non-hydrogen) atoms. The molecule has 0 amide bonds. The highest BCUT2D eigenvalue weighted by Gasteiger charge is 2.27. The van der Waals surface area contributed by atoms with Crippen molar-refractivity contribution in [3.05, 3.63) is 65.0 Å². The Morgan fingerprint density at radius 3 is 2.71 bits per heavy atom. The van der Waals surface area contributed by atoms with Gasteiger partial charge in [-0.15, -0.1) is 0 Å². The summed E-state index contributed by atoms with van der Waals surface area (Å²) in [4.78, 5) is -0.291.